The van der Waals surface area contributed by atoms with Crippen molar-refractivity contribution in [3.63, 3.8) is 0 Å². The predicted molar refractivity (Wildman–Crippen MR) is 81.9 cm³/mol. The average Bonchev–Trinajstić information content (AvgIpc) is 2.95. The molecular weight excluding hydrogens is 294 g/mol. The lowest BCUT2D eigenvalue weighted by Gasteiger charge is -2.29. The van der Waals surface area contributed by atoms with E-state index in [9.17, 15) is 14.7 Å². The van der Waals surface area contributed by atoms with Crippen molar-refractivity contribution in [2.45, 2.75) is 38.6 Å². The number of hydrogen-bond donors (Lipinski definition) is 1. The fraction of sp³-hybridized carbons (Fsp3) is 0.571. The van der Waals surface area contributed by atoms with Gasteiger partial charge in [-0.1, -0.05) is 26.8 Å². The van der Waals surface area contributed by atoms with Crippen molar-refractivity contribution >= 4 is 35.0 Å². The van der Waals surface area contributed by atoms with Crippen molar-refractivity contribution in [2.75, 3.05) is 5.75 Å². The highest BCUT2D eigenvalue weighted by molar-refractivity contribution is 7.99. The molecule has 2 heterocycles. The van der Waals surface area contributed by atoms with E-state index in [1.807, 2.05) is 38.3 Å². The molecule has 110 valence electrons. The van der Waals surface area contributed by atoms with E-state index in [2.05, 4.69) is 0 Å². The second-order valence-electron chi connectivity index (χ2n) is 6.09. The van der Waals surface area contributed by atoms with Crippen LogP contribution in [0, 0.1) is 5.41 Å². The summed E-state index contributed by atoms with van der Waals surface area (Å²) in [6.07, 6.45) is 0.360. The maximum absolute atomic E-state index is 12.5. The lowest BCUT2D eigenvalue weighted by molar-refractivity contribution is -0.150. The van der Waals surface area contributed by atoms with Gasteiger partial charge in [0.25, 0.3) is 0 Å². The van der Waals surface area contributed by atoms with Crippen molar-refractivity contribution < 1.29 is 14.7 Å². The third-order valence-corrected chi connectivity index (χ3v) is 5.42. The molecule has 1 N–H and O–H groups in total. The molecule has 20 heavy (non-hydrogen) atoms. The van der Waals surface area contributed by atoms with Crippen LogP contribution < -0.4 is 0 Å². The van der Waals surface area contributed by atoms with Crippen molar-refractivity contribution in [1.29, 1.82) is 0 Å². The van der Waals surface area contributed by atoms with Crippen LogP contribution >= 0.6 is 23.1 Å². The first kappa shape index (κ1) is 15.4. The fourth-order valence-electron chi connectivity index (χ4n) is 2.20. The lowest BCUT2D eigenvalue weighted by atomic mass is 9.91. The zero-order valence-electron chi connectivity index (χ0n) is 11.8. The van der Waals surface area contributed by atoms with Gasteiger partial charge in [-0.25, -0.2) is 4.79 Å². The van der Waals surface area contributed by atoms with Crippen LogP contribution in [0.15, 0.2) is 17.5 Å². The Kier molecular flexibility index (Phi) is 4.44. The van der Waals surface area contributed by atoms with E-state index in [1.165, 1.54) is 11.8 Å². The number of rotatable bonds is 3. The highest BCUT2D eigenvalue weighted by Crippen LogP contribution is 2.44. The standard InChI is InChI=1S/C14H19NO3S2/c1-14(2,3)7-11(16)15-9(13(17)18)8-20-12(15)10-5-4-6-19-10/h4-6,9,12H,7-8H2,1-3H3,(H,17,18). The van der Waals surface area contributed by atoms with Gasteiger partial charge in [-0.2, -0.15) is 0 Å². The molecule has 1 amide bonds. The maximum Gasteiger partial charge on any atom is 0.327 e. The smallest absolute Gasteiger partial charge is 0.327 e. The first-order valence-electron chi connectivity index (χ1n) is 6.48. The fourth-order valence-corrected chi connectivity index (χ4v) is 4.61. The van der Waals surface area contributed by atoms with E-state index >= 15 is 0 Å². The monoisotopic (exact) mass is 313 g/mol. The van der Waals surface area contributed by atoms with E-state index < -0.39 is 12.0 Å². The molecule has 1 aromatic heterocycles. The Morgan fingerprint density at radius 1 is 1.45 bits per heavy atom. The van der Waals surface area contributed by atoms with Crippen LogP contribution in [0.4, 0.5) is 0 Å². The van der Waals surface area contributed by atoms with E-state index in [1.54, 1.807) is 16.2 Å². The van der Waals surface area contributed by atoms with Crippen molar-refractivity contribution in [1.82, 2.24) is 4.90 Å². The Bertz CT molecular complexity index is 493. The molecule has 1 aliphatic heterocycles. The molecule has 0 aliphatic carbocycles. The molecule has 2 rings (SSSR count). The number of carbonyl (C=O) groups is 2. The number of carboxylic acids is 1. The minimum atomic E-state index is -0.918. The van der Waals surface area contributed by atoms with Gasteiger partial charge in [-0.3, -0.25) is 4.79 Å². The van der Waals surface area contributed by atoms with Crippen molar-refractivity contribution in [3.8, 4) is 0 Å². The van der Waals surface area contributed by atoms with Crippen LogP contribution in [0.25, 0.3) is 0 Å². The summed E-state index contributed by atoms with van der Waals surface area (Å²) in [6.45, 7) is 5.97. The molecule has 1 fully saturated rings. The van der Waals surface area contributed by atoms with E-state index in [-0.39, 0.29) is 16.7 Å². The minimum Gasteiger partial charge on any atom is -0.480 e. The number of thiophene rings is 1. The van der Waals surface area contributed by atoms with Crippen LogP contribution in [0.2, 0.25) is 0 Å². The molecule has 1 aliphatic rings. The van der Waals surface area contributed by atoms with Crippen LogP contribution in [-0.4, -0.2) is 33.7 Å². The van der Waals surface area contributed by atoms with Crippen molar-refractivity contribution in [2.24, 2.45) is 5.41 Å². The third kappa shape index (κ3) is 3.35. The van der Waals surface area contributed by atoms with Gasteiger partial charge in [0.1, 0.15) is 11.4 Å². The summed E-state index contributed by atoms with van der Waals surface area (Å²) < 4.78 is 0. The minimum absolute atomic E-state index is 0.0756. The molecule has 1 aromatic rings. The van der Waals surface area contributed by atoms with Crippen LogP contribution in [0.1, 0.15) is 37.4 Å². The second-order valence-corrected chi connectivity index (χ2v) is 8.19. The van der Waals surface area contributed by atoms with Gasteiger partial charge in [0, 0.05) is 17.1 Å². The summed E-state index contributed by atoms with van der Waals surface area (Å²) in [6, 6.07) is 3.17. The van der Waals surface area contributed by atoms with Gasteiger partial charge in [0.05, 0.1) is 0 Å². The Balaban J connectivity index is 2.25. The lowest BCUT2D eigenvalue weighted by Crippen LogP contribution is -2.43. The molecule has 2 unspecified atom stereocenters. The maximum atomic E-state index is 12.5. The molecule has 6 heteroatoms. The molecule has 0 spiro atoms. The number of carboxylic acid groups (broad SMARTS) is 1. The largest absolute Gasteiger partial charge is 0.480 e. The van der Waals surface area contributed by atoms with E-state index in [0.717, 1.165) is 4.88 Å². The highest BCUT2D eigenvalue weighted by atomic mass is 32.2. The Labute approximate surface area is 127 Å². The van der Waals surface area contributed by atoms with E-state index in [0.29, 0.717) is 12.2 Å². The first-order chi connectivity index (χ1) is 9.29. The molecule has 0 radical (unpaired) electrons. The molecule has 2 atom stereocenters. The molecule has 1 saturated heterocycles. The summed E-state index contributed by atoms with van der Waals surface area (Å²) in [7, 11) is 0. The van der Waals surface area contributed by atoms with Crippen LogP contribution in [0.3, 0.4) is 0 Å². The molecular formula is C14H19NO3S2. The summed E-state index contributed by atoms with van der Waals surface area (Å²) in [5.41, 5.74) is -0.145. The summed E-state index contributed by atoms with van der Waals surface area (Å²) in [4.78, 5) is 26.5. The second kappa shape index (κ2) is 5.77. The number of amides is 1. The zero-order chi connectivity index (χ0) is 14.9. The SMILES string of the molecule is CC(C)(C)CC(=O)N1C(C(=O)O)CSC1c1cccs1. The molecule has 4 nitrogen and oxygen atoms in total. The Morgan fingerprint density at radius 3 is 2.65 bits per heavy atom. The quantitative estimate of drug-likeness (QED) is 0.931. The molecule has 0 bridgehead atoms. The van der Waals surface area contributed by atoms with Gasteiger partial charge < -0.3 is 10.0 Å². The van der Waals surface area contributed by atoms with Gasteiger partial charge in [-0.05, 0) is 16.9 Å². The van der Waals surface area contributed by atoms with Crippen LogP contribution in [0.5, 0.6) is 0 Å². The van der Waals surface area contributed by atoms with Gasteiger partial charge in [-0.15, -0.1) is 23.1 Å². The summed E-state index contributed by atoms with van der Waals surface area (Å²) >= 11 is 3.10. The van der Waals surface area contributed by atoms with Gasteiger partial charge >= 0.3 is 5.97 Å². The molecule has 0 saturated carbocycles. The highest BCUT2D eigenvalue weighted by Gasteiger charge is 2.43. The number of aliphatic carboxylic acids is 1. The molecule has 0 aromatic carbocycles. The Hall–Kier alpha value is -1.01. The summed E-state index contributed by atoms with van der Waals surface area (Å²) in [5.74, 6) is -0.541. The zero-order valence-corrected chi connectivity index (χ0v) is 13.5. The number of hydrogen-bond acceptors (Lipinski definition) is 4. The predicted octanol–water partition coefficient (Wildman–Crippen LogP) is 3.21. The Morgan fingerprint density at radius 2 is 2.15 bits per heavy atom. The normalized spacial score (nSPS) is 23.1. The number of thioether (sulfide) groups is 1. The van der Waals surface area contributed by atoms with Gasteiger partial charge in [0.2, 0.25) is 5.91 Å². The topological polar surface area (TPSA) is 57.6 Å². The van der Waals surface area contributed by atoms with E-state index in [4.69, 9.17) is 0 Å². The van der Waals surface area contributed by atoms with Crippen molar-refractivity contribution in [3.05, 3.63) is 22.4 Å². The number of carbonyl (C=O) groups excluding carboxylic acids is 1. The van der Waals surface area contributed by atoms with Gasteiger partial charge in [0.15, 0.2) is 0 Å². The number of nitrogens with zero attached hydrogens (tertiary/aromatic N) is 1. The first-order valence-corrected chi connectivity index (χ1v) is 8.41. The van der Waals surface area contributed by atoms with Crippen LogP contribution in [-0.2, 0) is 9.59 Å². The summed E-state index contributed by atoms with van der Waals surface area (Å²) in [5, 5.41) is 11.1. The third-order valence-electron chi connectivity index (χ3n) is 3.04. The average molecular weight is 313 g/mol.